The average molecular weight is 416 g/mol. The minimum absolute atomic E-state index is 0.0382. The Hall–Kier alpha value is -2.60. The van der Waals surface area contributed by atoms with E-state index in [-0.39, 0.29) is 29.7 Å². The number of methoxy groups -OCH3 is 2. The average Bonchev–Trinajstić information content (AvgIpc) is 2.73. The van der Waals surface area contributed by atoms with Crippen LogP contribution in [0.15, 0.2) is 36.4 Å². The van der Waals surface area contributed by atoms with Gasteiger partial charge in [-0.15, -0.1) is 0 Å². The summed E-state index contributed by atoms with van der Waals surface area (Å²) in [5.74, 6) is 1.13. The molecule has 0 fully saturated rings. The summed E-state index contributed by atoms with van der Waals surface area (Å²) in [6, 6.07) is 10.7. The molecule has 1 heterocycles. The van der Waals surface area contributed by atoms with Crippen LogP contribution in [0.25, 0.3) is 0 Å². The number of rotatable bonds is 7. The molecule has 3 atom stereocenters. The number of halogens is 1. The lowest BCUT2D eigenvalue weighted by molar-refractivity contribution is -0.948. The van der Waals surface area contributed by atoms with E-state index < -0.39 is 0 Å². The van der Waals surface area contributed by atoms with Gasteiger partial charge < -0.3 is 19.7 Å². The second-order valence-electron chi connectivity index (χ2n) is 8.30. The highest BCUT2D eigenvalue weighted by molar-refractivity contribution is 5.78. The van der Waals surface area contributed by atoms with Crippen molar-refractivity contribution in [3.63, 3.8) is 0 Å². The highest BCUT2D eigenvalue weighted by Gasteiger charge is 2.37. The summed E-state index contributed by atoms with van der Waals surface area (Å²) in [5.41, 5.74) is 3.45. The van der Waals surface area contributed by atoms with E-state index in [2.05, 4.69) is 12.2 Å². The first-order valence-corrected chi connectivity index (χ1v) is 10.5. The summed E-state index contributed by atoms with van der Waals surface area (Å²) in [4.78, 5) is 13.8. The van der Waals surface area contributed by atoms with Gasteiger partial charge in [-0.05, 0) is 36.8 Å². The molecule has 162 valence electrons. The normalized spacial score (nSPS) is 19.2. The zero-order valence-corrected chi connectivity index (χ0v) is 18.4. The number of nitrogens with one attached hydrogen (secondary N) is 2. The standard InChI is InChI=1S/C24H31FN2O3/c1-15(2)24(28)26-16(3)23-20-13-22(30-5)21(29-4)12-18(20)10-11-27(23)14-17-6-8-19(25)9-7-17/h6-9,12-13,15-16,23H,10-11,14H2,1-5H3,(H,26,28)/p+1/t16-,23+/m0/s1. The fourth-order valence-electron chi connectivity index (χ4n) is 4.27. The van der Waals surface area contributed by atoms with Crippen molar-refractivity contribution in [3.05, 3.63) is 58.9 Å². The molecule has 5 nitrogen and oxygen atoms in total. The molecule has 1 amide bonds. The molecule has 0 aromatic heterocycles. The van der Waals surface area contributed by atoms with Gasteiger partial charge in [-0.2, -0.15) is 0 Å². The predicted molar refractivity (Wildman–Crippen MR) is 114 cm³/mol. The molecule has 6 heteroatoms. The van der Waals surface area contributed by atoms with Gasteiger partial charge in [0.15, 0.2) is 11.5 Å². The van der Waals surface area contributed by atoms with Gasteiger partial charge in [0.05, 0.1) is 26.8 Å². The van der Waals surface area contributed by atoms with Crippen LogP contribution in [0.1, 0.15) is 43.5 Å². The quantitative estimate of drug-likeness (QED) is 0.731. The lowest BCUT2D eigenvalue weighted by Crippen LogP contribution is -3.13. The first kappa shape index (κ1) is 22.1. The Kier molecular flexibility index (Phi) is 6.98. The van der Waals surface area contributed by atoms with Crippen molar-refractivity contribution < 1.29 is 23.6 Å². The van der Waals surface area contributed by atoms with E-state index in [1.54, 1.807) is 14.2 Å². The van der Waals surface area contributed by atoms with Crippen LogP contribution in [0.5, 0.6) is 11.5 Å². The Labute approximate surface area is 178 Å². The number of benzene rings is 2. The summed E-state index contributed by atoms with van der Waals surface area (Å²) in [5, 5.41) is 3.19. The van der Waals surface area contributed by atoms with Crippen LogP contribution in [0.3, 0.4) is 0 Å². The first-order valence-electron chi connectivity index (χ1n) is 10.5. The number of fused-ring (bicyclic) bond motifs is 1. The van der Waals surface area contributed by atoms with Crippen LogP contribution >= 0.6 is 0 Å². The van der Waals surface area contributed by atoms with Crippen LogP contribution in [0.4, 0.5) is 4.39 Å². The Morgan fingerprint density at radius 1 is 1.13 bits per heavy atom. The first-order chi connectivity index (χ1) is 14.3. The molecule has 2 aromatic rings. The lowest BCUT2D eigenvalue weighted by atomic mass is 9.87. The van der Waals surface area contributed by atoms with Crippen molar-refractivity contribution in [2.75, 3.05) is 20.8 Å². The number of hydrogen-bond acceptors (Lipinski definition) is 3. The third kappa shape index (κ3) is 4.75. The van der Waals surface area contributed by atoms with Gasteiger partial charge in [-0.1, -0.05) is 26.0 Å². The highest BCUT2D eigenvalue weighted by Crippen LogP contribution is 2.35. The van der Waals surface area contributed by atoms with E-state index in [1.807, 2.05) is 38.1 Å². The van der Waals surface area contributed by atoms with Gasteiger partial charge in [0.25, 0.3) is 0 Å². The Morgan fingerprint density at radius 2 is 1.77 bits per heavy atom. The summed E-state index contributed by atoms with van der Waals surface area (Å²) in [6.07, 6.45) is 0.896. The minimum Gasteiger partial charge on any atom is -0.493 e. The van der Waals surface area contributed by atoms with Gasteiger partial charge >= 0.3 is 0 Å². The molecular formula is C24H32FN2O3+. The molecule has 30 heavy (non-hydrogen) atoms. The fourth-order valence-corrected chi connectivity index (χ4v) is 4.27. The number of ether oxygens (including phenoxy) is 2. The lowest BCUT2D eigenvalue weighted by Gasteiger charge is -2.38. The second kappa shape index (κ2) is 9.47. The molecular weight excluding hydrogens is 383 g/mol. The number of carbonyl (C=O) groups is 1. The molecule has 2 N–H and O–H groups in total. The maximum atomic E-state index is 13.4. The zero-order valence-electron chi connectivity index (χ0n) is 18.4. The van der Waals surface area contributed by atoms with E-state index in [1.165, 1.54) is 22.6 Å². The van der Waals surface area contributed by atoms with Crippen molar-refractivity contribution in [2.24, 2.45) is 5.92 Å². The molecule has 0 radical (unpaired) electrons. The Balaban J connectivity index is 1.98. The fraction of sp³-hybridized carbons (Fsp3) is 0.458. The molecule has 2 aromatic carbocycles. The predicted octanol–water partition coefficient (Wildman–Crippen LogP) is 2.69. The van der Waals surface area contributed by atoms with Crippen LogP contribution < -0.4 is 19.7 Å². The third-order valence-corrected chi connectivity index (χ3v) is 5.87. The van der Waals surface area contributed by atoms with Gasteiger partial charge in [-0.3, -0.25) is 4.79 Å². The Bertz CT molecular complexity index is 883. The zero-order chi connectivity index (χ0) is 21.8. The molecule has 0 saturated carbocycles. The summed E-state index contributed by atoms with van der Waals surface area (Å²) >= 11 is 0. The van der Waals surface area contributed by atoms with Crippen LogP contribution in [-0.4, -0.2) is 32.7 Å². The SMILES string of the molecule is COc1cc2c(cc1OC)[C@@H]([C@H](C)NC(=O)C(C)C)[NH+](Cc1ccc(F)cc1)CC2. The van der Waals surface area contributed by atoms with Gasteiger partial charge in [-0.25, -0.2) is 4.39 Å². The number of amides is 1. The third-order valence-electron chi connectivity index (χ3n) is 5.87. The molecule has 3 rings (SSSR count). The topological polar surface area (TPSA) is 52.0 Å². The van der Waals surface area contributed by atoms with Crippen molar-refractivity contribution in [1.29, 1.82) is 0 Å². The molecule has 1 aliphatic heterocycles. The van der Waals surface area contributed by atoms with Crippen LogP contribution in [0.2, 0.25) is 0 Å². The number of carbonyl (C=O) groups excluding carboxylic acids is 1. The van der Waals surface area contributed by atoms with Crippen molar-refractivity contribution >= 4 is 5.91 Å². The van der Waals surface area contributed by atoms with Crippen LogP contribution in [-0.2, 0) is 17.8 Å². The molecule has 1 unspecified atom stereocenters. The maximum Gasteiger partial charge on any atom is 0.222 e. The van der Waals surface area contributed by atoms with Crippen LogP contribution in [0, 0.1) is 11.7 Å². The highest BCUT2D eigenvalue weighted by atomic mass is 19.1. The molecule has 1 aliphatic rings. The monoisotopic (exact) mass is 415 g/mol. The van der Waals surface area contributed by atoms with E-state index >= 15 is 0 Å². The summed E-state index contributed by atoms with van der Waals surface area (Å²) < 4.78 is 24.4. The summed E-state index contributed by atoms with van der Waals surface area (Å²) in [7, 11) is 3.28. The van der Waals surface area contributed by atoms with Gasteiger partial charge in [0, 0.05) is 23.5 Å². The van der Waals surface area contributed by atoms with E-state index in [9.17, 15) is 9.18 Å². The largest absolute Gasteiger partial charge is 0.493 e. The summed E-state index contributed by atoms with van der Waals surface area (Å²) in [6.45, 7) is 7.51. The smallest absolute Gasteiger partial charge is 0.222 e. The van der Waals surface area contributed by atoms with E-state index in [4.69, 9.17) is 9.47 Å². The molecule has 0 saturated heterocycles. The van der Waals surface area contributed by atoms with E-state index in [0.29, 0.717) is 5.75 Å². The Morgan fingerprint density at radius 3 is 2.37 bits per heavy atom. The molecule has 0 aliphatic carbocycles. The number of hydrogen-bond donors (Lipinski definition) is 2. The molecule has 0 bridgehead atoms. The van der Waals surface area contributed by atoms with Crippen molar-refractivity contribution in [3.8, 4) is 11.5 Å². The van der Waals surface area contributed by atoms with Gasteiger partial charge in [0.2, 0.25) is 5.91 Å². The minimum atomic E-state index is -0.233. The molecule has 0 spiro atoms. The van der Waals surface area contributed by atoms with Crippen molar-refractivity contribution in [2.45, 2.75) is 45.8 Å². The second-order valence-corrected chi connectivity index (χ2v) is 8.30. The number of quaternary nitrogens is 1. The van der Waals surface area contributed by atoms with Gasteiger partial charge in [0.1, 0.15) is 18.4 Å². The maximum absolute atomic E-state index is 13.4. The van der Waals surface area contributed by atoms with E-state index in [0.717, 1.165) is 36.4 Å². The van der Waals surface area contributed by atoms with Crippen molar-refractivity contribution in [1.82, 2.24) is 5.32 Å².